The summed E-state index contributed by atoms with van der Waals surface area (Å²) in [5, 5.41) is 5.77. The van der Waals surface area contributed by atoms with Gasteiger partial charge in [0, 0.05) is 44.1 Å². The zero-order chi connectivity index (χ0) is 22.6. The van der Waals surface area contributed by atoms with Gasteiger partial charge in [-0.2, -0.15) is 0 Å². The Kier molecular flexibility index (Phi) is 8.89. The maximum Gasteiger partial charge on any atom is 0.238 e. The van der Waals surface area contributed by atoms with Crippen molar-refractivity contribution >= 4 is 17.5 Å². The first-order valence-electron chi connectivity index (χ1n) is 10.6. The summed E-state index contributed by atoms with van der Waals surface area (Å²) < 4.78 is 0. The summed E-state index contributed by atoms with van der Waals surface area (Å²) in [6.07, 6.45) is 5.74. The molecule has 3 aromatic rings. The molecule has 0 aliphatic carbocycles. The summed E-state index contributed by atoms with van der Waals surface area (Å²) in [6, 6.07) is 19.2. The highest BCUT2D eigenvalue weighted by molar-refractivity contribution is 5.92. The number of aromatic nitrogens is 2. The molecule has 2 N–H and O–H groups in total. The second-order valence-electron chi connectivity index (χ2n) is 7.36. The standard InChI is InChI=1S/C25H28N5O2/c1-2-24(31)28-16-13-20-9-11-21(12-10-20)29-25(32)19-30(17-22-7-3-5-14-26-22)18-23-8-4-6-15-27-23/h2-12,14-15H,13,16-19H2,1H3,(H,28,31)(H,29,32). The molecule has 1 radical (unpaired) electrons. The molecule has 3 rings (SSSR count). The third-order valence-corrected chi connectivity index (χ3v) is 4.80. The third kappa shape index (κ3) is 7.92. The minimum absolute atomic E-state index is 0.0742. The largest absolute Gasteiger partial charge is 0.356 e. The fourth-order valence-corrected chi connectivity index (χ4v) is 3.20. The van der Waals surface area contributed by atoms with Crippen molar-refractivity contribution in [3.05, 3.63) is 96.4 Å². The van der Waals surface area contributed by atoms with Gasteiger partial charge in [0.1, 0.15) is 0 Å². The Morgan fingerprint density at radius 3 is 2.06 bits per heavy atom. The van der Waals surface area contributed by atoms with Crippen molar-refractivity contribution in [3.8, 4) is 0 Å². The Morgan fingerprint density at radius 2 is 1.53 bits per heavy atom. The lowest BCUT2D eigenvalue weighted by atomic mass is 10.1. The highest BCUT2D eigenvalue weighted by Gasteiger charge is 2.14. The van der Waals surface area contributed by atoms with E-state index in [0.717, 1.165) is 29.1 Å². The molecule has 7 nitrogen and oxygen atoms in total. The number of hydrogen-bond donors (Lipinski definition) is 2. The van der Waals surface area contributed by atoms with Gasteiger partial charge in [-0.05, 0) is 48.4 Å². The van der Waals surface area contributed by atoms with E-state index >= 15 is 0 Å². The van der Waals surface area contributed by atoms with Crippen molar-refractivity contribution < 1.29 is 9.59 Å². The molecule has 0 fully saturated rings. The minimum atomic E-state index is -0.102. The SMILES string of the molecule is C[CH]C(=O)NCCc1ccc(NC(=O)CN(Cc2ccccn2)Cc2ccccn2)cc1. The van der Waals surface area contributed by atoms with Crippen LogP contribution in [-0.2, 0) is 29.1 Å². The van der Waals surface area contributed by atoms with Crippen LogP contribution < -0.4 is 10.6 Å². The van der Waals surface area contributed by atoms with Crippen LogP contribution in [0.15, 0.2) is 73.1 Å². The van der Waals surface area contributed by atoms with E-state index in [4.69, 9.17) is 0 Å². The highest BCUT2D eigenvalue weighted by Crippen LogP contribution is 2.11. The normalized spacial score (nSPS) is 10.7. The van der Waals surface area contributed by atoms with E-state index in [0.29, 0.717) is 19.6 Å². The molecule has 2 heterocycles. The number of hydrogen-bond acceptors (Lipinski definition) is 5. The molecule has 0 aliphatic rings. The van der Waals surface area contributed by atoms with Crippen LogP contribution in [0.25, 0.3) is 0 Å². The van der Waals surface area contributed by atoms with E-state index in [1.165, 1.54) is 6.42 Å². The maximum atomic E-state index is 12.7. The number of carbonyl (C=O) groups excluding carboxylic acids is 2. The van der Waals surface area contributed by atoms with Crippen LogP contribution in [0.5, 0.6) is 0 Å². The van der Waals surface area contributed by atoms with Crippen LogP contribution in [0.2, 0.25) is 0 Å². The van der Waals surface area contributed by atoms with E-state index in [2.05, 4.69) is 20.6 Å². The number of benzene rings is 1. The van der Waals surface area contributed by atoms with Gasteiger partial charge in [0.2, 0.25) is 11.8 Å². The molecule has 7 heteroatoms. The fourth-order valence-electron chi connectivity index (χ4n) is 3.20. The molecule has 1 aromatic carbocycles. The molecule has 32 heavy (non-hydrogen) atoms. The van der Waals surface area contributed by atoms with Crippen molar-refractivity contribution in [2.75, 3.05) is 18.4 Å². The van der Waals surface area contributed by atoms with E-state index in [1.807, 2.05) is 65.6 Å². The van der Waals surface area contributed by atoms with Gasteiger partial charge in [0.05, 0.1) is 17.9 Å². The smallest absolute Gasteiger partial charge is 0.238 e. The summed E-state index contributed by atoms with van der Waals surface area (Å²) in [4.78, 5) is 34.8. The molecule has 0 saturated carbocycles. The van der Waals surface area contributed by atoms with Crippen molar-refractivity contribution in [2.45, 2.75) is 26.4 Å². The number of nitrogens with one attached hydrogen (secondary N) is 2. The van der Waals surface area contributed by atoms with Crippen molar-refractivity contribution in [1.29, 1.82) is 0 Å². The van der Waals surface area contributed by atoms with Gasteiger partial charge >= 0.3 is 0 Å². The number of nitrogens with zero attached hydrogens (tertiary/aromatic N) is 3. The summed E-state index contributed by atoms with van der Waals surface area (Å²) in [6.45, 7) is 3.59. The van der Waals surface area contributed by atoms with Crippen LogP contribution >= 0.6 is 0 Å². The zero-order valence-corrected chi connectivity index (χ0v) is 18.2. The molecule has 2 amide bonds. The lowest BCUT2D eigenvalue weighted by Gasteiger charge is -2.21. The van der Waals surface area contributed by atoms with Gasteiger partial charge in [-0.1, -0.05) is 31.2 Å². The molecule has 0 unspecified atom stereocenters. The van der Waals surface area contributed by atoms with Gasteiger partial charge in [0.15, 0.2) is 0 Å². The summed E-state index contributed by atoms with van der Waals surface area (Å²) in [5.41, 5.74) is 3.62. The Labute approximate surface area is 188 Å². The number of pyridine rings is 2. The number of carbonyl (C=O) groups is 2. The minimum Gasteiger partial charge on any atom is -0.356 e. The average molecular weight is 431 g/mol. The van der Waals surface area contributed by atoms with Crippen LogP contribution in [0.4, 0.5) is 5.69 Å². The topological polar surface area (TPSA) is 87.2 Å². The molecule has 2 aromatic heterocycles. The molecule has 0 bridgehead atoms. The Hall–Kier alpha value is -3.58. The highest BCUT2D eigenvalue weighted by atomic mass is 16.2. The second-order valence-corrected chi connectivity index (χ2v) is 7.36. The number of rotatable bonds is 11. The third-order valence-electron chi connectivity index (χ3n) is 4.80. The van der Waals surface area contributed by atoms with E-state index < -0.39 is 0 Å². The average Bonchev–Trinajstić information content (AvgIpc) is 2.81. The first-order valence-corrected chi connectivity index (χ1v) is 10.6. The van der Waals surface area contributed by atoms with Gasteiger partial charge in [0.25, 0.3) is 0 Å². The van der Waals surface area contributed by atoms with Crippen LogP contribution in [0.3, 0.4) is 0 Å². The Balaban J connectivity index is 1.56. The summed E-state index contributed by atoms with van der Waals surface area (Å²) in [7, 11) is 0. The van der Waals surface area contributed by atoms with Crippen molar-refractivity contribution in [3.63, 3.8) is 0 Å². The second kappa shape index (κ2) is 12.3. The van der Waals surface area contributed by atoms with Gasteiger partial charge < -0.3 is 10.6 Å². The number of amides is 2. The van der Waals surface area contributed by atoms with E-state index in [1.54, 1.807) is 19.3 Å². The monoisotopic (exact) mass is 430 g/mol. The van der Waals surface area contributed by atoms with Crippen LogP contribution in [-0.4, -0.2) is 39.8 Å². The quantitative estimate of drug-likeness (QED) is 0.488. The maximum absolute atomic E-state index is 12.7. The van der Waals surface area contributed by atoms with Crippen LogP contribution in [0, 0.1) is 6.42 Å². The summed E-state index contributed by atoms with van der Waals surface area (Å²) >= 11 is 0. The van der Waals surface area contributed by atoms with E-state index in [-0.39, 0.29) is 18.4 Å². The van der Waals surface area contributed by atoms with E-state index in [9.17, 15) is 9.59 Å². The van der Waals surface area contributed by atoms with Gasteiger partial charge in [-0.25, -0.2) is 0 Å². The van der Waals surface area contributed by atoms with Gasteiger partial charge in [-0.3, -0.25) is 24.5 Å². The predicted molar refractivity (Wildman–Crippen MR) is 124 cm³/mol. The molecule has 0 spiro atoms. The first-order chi connectivity index (χ1) is 15.6. The predicted octanol–water partition coefficient (Wildman–Crippen LogP) is 3.00. The summed E-state index contributed by atoms with van der Waals surface area (Å²) in [5.74, 6) is -0.176. The molecule has 0 saturated heterocycles. The molecular weight excluding hydrogens is 402 g/mol. The molecule has 0 atom stereocenters. The van der Waals surface area contributed by atoms with Gasteiger partial charge in [-0.15, -0.1) is 0 Å². The number of anilines is 1. The zero-order valence-electron chi connectivity index (χ0n) is 18.2. The lowest BCUT2D eigenvalue weighted by molar-refractivity contribution is -0.118. The lowest BCUT2D eigenvalue weighted by Crippen LogP contribution is -2.33. The van der Waals surface area contributed by atoms with Crippen LogP contribution in [0.1, 0.15) is 23.9 Å². The van der Waals surface area contributed by atoms with Crippen molar-refractivity contribution in [2.24, 2.45) is 0 Å². The molecular formula is C25H28N5O2. The Morgan fingerprint density at radius 1 is 0.906 bits per heavy atom. The van der Waals surface area contributed by atoms with Crippen molar-refractivity contribution in [1.82, 2.24) is 20.2 Å². The molecule has 0 aliphatic heterocycles. The Bertz CT molecular complexity index is 937. The molecule has 165 valence electrons. The fraction of sp³-hybridized carbons (Fsp3) is 0.240. The first kappa shape index (κ1) is 23.1.